The molecule has 0 bridgehead atoms. The molecule has 0 atom stereocenters. The van der Waals surface area contributed by atoms with Gasteiger partial charge in [-0.2, -0.15) is 4.57 Å². The van der Waals surface area contributed by atoms with Crippen molar-refractivity contribution in [2.75, 3.05) is 0 Å². The van der Waals surface area contributed by atoms with Crippen molar-refractivity contribution in [3.63, 3.8) is 0 Å². The molecule has 6 heteroatoms. The maximum absolute atomic E-state index is 10.4. The zero-order chi connectivity index (χ0) is 28.3. The predicted octanol–water partition coefficient (Wildman–Crippen LogP) is 9.66. The van der Waals surface area contributed by atoms with Gasteiger partial charge in [0.05, 0.1) is 4.90 Å². The zero-order valence-electron chi connectivity index (χ0n) is 24.6. The van der Waals surface area contributed by atoms with Crippen LogP contribution in [0.4, 0.5) is 0 Å². The molecular formula is C33H51NO3S2. The molecule has 0 aliphatic heterocycles. The van der Waals surface area contributed by atoms with Crippen molar-refractivity contribution >= 4 is 31.7 Å². The van der Waals surface area contributed by atoms with Crippen LogP contribution in [0.3, 0.4) is 0 Å². The number of fused-ring (bicyclic) bond motifs is 1. The van der Waals surface area contributed by atoms with Crippen LogP contribution in [0.1, 0.15) is 120 Å². The van der Waals surface area contributed by atoms with E-state index in [0.717, 1.165) is 5.56 Å². The molecule has 0 N–H and O–H groups in total. The first-order chi connectivity index (χ1) is 18.8. The Morgan fingerprint density at radius 2 is 1.13 bits per heavy atom. The van der Waals surface area contributed by atoms with E-state index in [1.54, 1.807) is 12.1 Å². The van der Waals surface area contributed by atoms with Gasteiger partial charge in [-0.1, -0.05) is 138 Å². The van der Waals surface area contributed by atoms with Gasteiger partial charge in [0.1, 0.15) is 21.4 Å². The smallest absolute Gasteiger partial charge is 0.235 e. The highest BCUT2D eigenvalue weighted by molar-refractivity contribution is 7.85. The molecule has 1 heterocycles. The fourth-order valence-corrected chi connectivity index (χ4v) is 6.47. The fraction of sp³-hybridized carbons (Fsp3) is 0.606. The monoisotopic (exact) mass is 573 g/mol. The van der Waals surface area contributed by atoms with Crippen LogP contribution in [0.25, 0.3) is 10.2 Å². The minimum absolute atomic E-state index is 0.178. The second kappa shape index (κ2) is 19.3. The van der Waals surface area contributed by atoms with Gasteiger partial charge in [0, 0.05) is 19.4 Å². The Kier molecular flexibility index (Phi) is 16.6. The van der Waals surface area contributed by atoms with Crippen molar-refractivity contribution in [1.29, 1.82) is 0 Å². The van der Waals surface area contributed by atoms with Gasteiger partial charge in [-0.05, 0) is 31.5 Å². The van der Waals surface area contributed by atoms with Gasteiger partial charge in [0.2, 0.25) is 10.5 Å². The molecule has 0 amide bonds. The Morgan fingerprint density at radius 3 is 1.62 bits per heavy atom. The Labute approximate surface area is 242 Å². The molecule has 218 valence electrons. The van der Waals surface area contributed by atoms with Crippen molar-refractivity contribution in [3.05, 3.63) is 59.1 Å². The summed E-state index contributed by atoms with van der Waals surface area (Å²) >= 11 is 1.93. The molecule has 0 aliphatic carbocycles. The highest BCUT2D eigenvalue weighted by Gasteiger charge is 2.15. The number of aryl methyl sites for hydroxylation is 3. The molecule has 0 saturated heterocycles. The number of unbranched alkanes of at least 4 members (excludes halogenated alkanes) is 15. The van der Waals surface area contributed by atoms with E-state index in [4.69, 9.17) is 0 Å². The summed E-state index contributed by atoms with van der Waals surface area (Å²) in [7, 11) is -4.27. The molecule has 0 saturated carbocycles. The molecule has 39 heavy (non-hydrogen) atoms. The number of para-hydroxylation sites is 1. The standard InChI is InChI=1S/C26H44NS.C7H8O3S/c1-3-4-5-6-7-8-9-10-11-12-13-14-15-16-17-20-23-27-24(2)28-26-22-19-18-21-25(26)27;1-6-2-4-7(5-3-6)11(8,9)10/h18-19,21-22H,3-17,20,23H2,1-2H3;2-5H,1H3,(H,8,9,10)/q+1;/p-1. The van der Waals surface area contributed by atoms with Crippen LogP contribution >= 0.6 is 11.3 Å². The van der Waals surface area contributed by atoms with E-state index in [1.807, 2.05) is 18.3 Å². The van der Waals surface area contributed by atoms with Gasteiger partial charge < -0.3 is 4.55 Å². The van der Waals surface area contributed by atoms with E-state index in [9.17, 15) is 13.0 Å². The lowest BCUT2D eigenvalue weighted by Crippen LogP contribution is -2.34. The number of aromatic nitrogens is 1. The molecular weight excluding hydrogens is 523 g/mol. The number of rotatable bonds is 18. The third-order valence-electron chi connectivity index (χ3n) is 7.34. The third kappa shape index (κ3) is 13.9. The number of thiazole rings is 1. The molecule has 0 radical (unpaired) electrons. The SMILES string of the molecule is CCCCCCCCCCCCCCCCCC[n+]1c(C)sc2ccccc21.Cc1ccc(S(=O)(=O)[O-])cc1. The number of hydrogen-bond donors (Lipinski definition) is 0. The van der Waals surface area contributed by atoms with Crippen molar-refractivity contribution in [3.8, 4) is 0 Å². The zero-order valence-corrected chi connectivity index (χ0v) is 26.3. The van der Waals surface area contributed by atoms with Gasteiger partial charge in [0.15, 0.2) is 0 Å². The van der Waals surface area contributed by atoms with Crippen LogP contribution in [-0.2, 0) is 16.7 Å². The van der Waals surface area contributed by atoms with Gasteiger partial charge in [-0.25, -0.2) is 8.42 Å². The number of benzene rings is 2. The van der Waals surface area contributed by atoms with E-state index in [2.05, 4.69) is 42.7 Å². The molecule has 0 unspecified atom stereocenters. The second-order valence-electron chi connectivity index (χ2n) is 10.8. The summed E-state index contributed by atoms with van der Waals surface area (Å²) in [6.45, 7) is 7.57. The van der Waals surface area contributed by atoms with Crippen LogP contribution in [0, 0.1) is 13.8 Å². The van der Waals surface area contributed by atoms with Gasteiger partial charge in [-0.15, -0.1) is 0 Å². The van der Waals surface area contributed by atoms with E-state index in [0.29, 0.717) is 0 Å². The molecule has 0 aliphatic rings. The quantitative estimate of drug-likeness (QED) is 0.0864. The third-order valence-corrected chi connectivity index (χ3v) is 9.27. The van der Waals surface area contributed by atoms with E-state index in [-0.39, 0.29) is 4.90 Å². The van der Waals surface area contributed by atoms with E-state index >= 15 is 0 Å². The van der Waals surface area contributed by atoms with Crippen LogP contribution in [0.2, 0.25) is 0 Å². The van der Waals surface area contributed by atoms with Crippen LogP contribution in [0.5, 0.6) is 0 Å². The molecule has 0 spiro atoms. The highest BCUT2D eigenvalue weighted by Crippen LogP contribution is 2.20. The highest BCUT2D eigenvalue weighted by atomic mass is 32.2. The minimum atomic E-state index is -4.27. The summed E-state index contributed by atoms with van der Waals surface area (Å²) in [4.78, 5) is -0.178. The lowest BCUT2D eigenvalue weighted by Gasteiger charge is -2.05. The maximum Gasteiger partial charge on any atom is 0.235 e. The lowest BCUT2D eigenvalue weighted by atomic mass is 10.0. The average Bonchev–Trinajstić information content (AvgIpc) is 3.23. The summed E-state index contributed by atoms with van der Waals surface area (Å²) in [6, 6.07) is 14.6. The minimum Gasteiger partial charge on any atom is -0.744 e. The topological polar surface area (TPSA) is 61.1 Å². The van der Waals surface area contributed by atoms with Crippen LogP contribution in [-0.4, -0.2) is 13.0 Å². The van der Waals surface area contributed by atoms with Gasteiger partial charge in [0.25, 0.3) is 0 Å². The first kappa shape index (κ1) is 33.4. The molecule has 0 fully saturated rings. The average molecular weight is 574 g/mol. The summed E-state index contributed by atoms with van der Waals surface area (Å²) in [5, 5.41) is 1.45. The second-order valence-corrected chi connectivity index (χ2v) is 13.4. The Hall–Kier alpha value is -1.76. The van der Waals surface area contributed by atoms with Crippen molar-refractivity contribution < 1.29 is 17.5 Å². The van der Waals surface area contributed by atoms with E-state index < -0.39 is 10.1 Å². The number of hydrogen-bond acceptors (Lipinski definition) is 4. The summed E-state index contributed by atoms with van der Waals surface area (Å²) < 4.78 is 35.1. The van der Waals surface area contributed by atoms with E-state index in [1.165, 1.54) is 137 Å². The Balaban J connectivity index is 0.000000404. The predicted molar refractivity (Wildman–Crippen MR) is 165 cm³/mol. The molecule has 2 aromatic carbocycles. The largest absolute Gasteiger partial charge is 0.744 e. The normalized spacial score (nSPS) is 11.5. The van der Waals surface area contributed by atoms with Crippen LogP contribution in [0.15, 0.2) is 53.4 Å². The van der Waals surface area contributed by atoms with Crippen molar-refractivity contribution in [2.45, 2.75) is 135 Å². The summed E-state index contributed by atoms with van der Waals surface area (Å²) in [6.07, 6.45) is 23.0. The molecule has 3 aromatic rings. The Bertz CT molecular complexity index is 1150. The fourth-order valence-electron chi connectivity index (χ4n) is 4.95. The van der Waals surface area contributed by atoms with Gasteiger partial charge >= 0.3 is 0 Å². The maximum atomic E-state index is 10.4. The molecule has 3 rings (SSSR count). The number of nitrogens with zero attached hydrogens (tertiary/aromatic N) is 1. The summed E-state index contributed by atoms with van der Waals surface area (Å²) in [5.41, 5.74) is 2.35. The molecule has 1 aromatic heterocycles. The van der Waals surface area contributed by atoms with Crippen molar-refractivity contribution in [1.82, 2.24) is 0 Å². The van der Waals surface area contributed by atoms with Crippen molar-refractivity contribution in [2.24, 2.45) is 0 Å². The first-order valence-electron chi connectivity index (χ1n) is 15.2. The molecule has 4 nitrogen and oxygen atoms in total. The van der Waals surface area contributed by atoms with Crippen LogP contribution < -0.4 is 4.57 Å². The Morgan fingerprint density at radius 1 is 0.667 bits per heavy atom. The van der Waals surface area contributed by atoms with Gasteiger partial charge in [-0.3, -0.25) is 0 Å². The lowest BCUT2D eigenvalue weighted by molar-refractivity contribution is -0.673. The first-order valence-corrected chi connectivity index (χ1v) is 17.5. The summed E-state index contributed by atoms with van der Waals surface area (Å²) in [5.74, 6) is 0.